The molecular formula is C21H27N3O3. The highest BCUT2D eigenvalue weighted by Gasteiger charge is 2.21. The molecule has 1 saturated heterocycles. The number of hydrogen-bond acceptors (Lipinski definition) is 5. The molecule has 2 aromatic carbocycles. The van der Waals surface area contributed by atoms with Gasteiger partial charge in [-0.15, -0.1) is 0 Å². The largest absolute Gasteiger partial charge is 0.495 e. The molecule has 0 radical (unpaired) electrons. The van der Waals surface area contributed by atoms with Gasteiger partial charge in [-0.3, -0.25) is 9.69 Å². The van der Waals surface area contributed by atoms with E-state index in [1.54, 1.807) is 19.2 Å². The Bertz CT molecular complexity index is 730. The number of nitrogens with one attached hydrogen (secondary N) is 1. The fourth-order valence-electron chi connectivity index (χ4n) is 3.33. The van der Waals surface area contributed by atoms with Gasteiger partial charge in [-0.1, -0.05) is 30.3 Å². The molecule has 2 aromatic rings. The first-order valence-corrected chi connectivity index (χ1v) is 9.29. The summed E-state index contributed by atoms with van der Waals surface area (Å²) < 4.78 is 5.45. The van der Waals surface area contributed by atoms with Crippen molar-refractivity contribution in [2.45, 2.75) is 6.10 Å². The summed E-state index contributed by atoms with van der Waals surface area (Å²) in [5.41, 5.74) is 1.71. The topological polar surface area (TPSA) is 65.0 Å². The highest BCUT2D eigenvalue weighted by Crippen LogP contribution is 2.28. The predicted molar refractivity (Wildman–Crippen MR) is 106 cm³/mol. The van der Waals surface area contributed by atoms with Crippen molar-refractivity contribution in [2.24, 2.45) is 0 Å². The van der Waals surface area contributed by atoms with Gasteiger partial charge < -0.3 is 20.1 Å². The summed E-state index contributed by atoms with van der Waals surface area (Å²) in [5.74, 6) is 0.727. The first-order chi connectivity index (χ1) is 13.2. The molecule has 144 valence electrons. The van der Waals surface area contributed by atoms with Crippen LogP contribution in [0.25, 0.3) is 0 Å². The van der Waals surface area contributed by atoms with Crippen LogP contribution in [0.4, 0.5) is 5.69 Å². The van der Waals surface area contributed by atoms with Crippen LogP contribution in [0.2, 0.25) is 0 Å². The first-order valence-electron chi connectivity index (χ1n) is 9.29. The lowest BCUT2D eigenvalue weighted by atomic mass is 10.2. The number of aliphatic hydroxyl groups excluding tert-OH is 1. The second-order valence-corrected chi connectivity index (χ2v) is 6.69. The third kappa shape index (κ3) is 5.21. The van der Waals surface area contributed by atoms with Gasteiger partial charge >= 0.3 is 0 Å². The molecule has 0 bridgehead atoms. The second kappa shape index (κ2) is 9.39. The summed E-state index contributed by atoms with van der Waals surface area (Å²) >= 11 is 0. The summed E-state index contributed by atoms with van der Waals surface area (Å²) in [6.07, 6.45) is -0.588. The fraction of sp³-hybridized carbons (Fsp3) is 0.381. The number of methoxy groups -OCH3 is 1. The zero-order chi connectivity index (χ0) is 19.1. The Labute approximate surface area is 160 Å². The number of piperazine rings is 1. The zero-order valence-corrected chi connectivity index (χ0v) is 15.7. The molecule has 2 N–H and O–H groups in total. The molecule has 0 aliphatic carbocycles. The van der Waals surface area contributed by atoms with Crippen LogP contribution in [-0.4, -0.2) is 68.4 Å². The SMILES string of the molecule is COc1ccccc1N1CCN(CC(O)CNC(=O)c2ccccc2)CC1. The average molecular weight is 369 g/mol. The van der Waals surface area contributed by atoms with E-state index in [4.69, 9.17) is 4.74 Å². The van der Waals surface area contributed by atoms with E-state index < -0.39 is 6.10 Å². The van der Waals surface area contributed by atoms with Gasteiger partial charge in [-0.25, -0.2) is 0 Å². The molecular weight excluding hydrogens is 342 g/mol. The van der Waals surface area contributed by atoms with Crippen molar-refractivity contribution in [3.8, 4) is 5.75 Å². The average Bonchev–Trinajstić information content (AvgIpc) is 2.73. The van der Waals surface area contributed by atoms with Crippen LogP contribution in [0.15, 0.2) is 54.6 Å². The highest BCUT2D eigenvalue weighted by atomic mass is 16.5. The van der Waals surface area contributed by atoms with Crippen molar-refractivity contribution in [1.29, 1.82) is 0 Å². The van der Waals surface area contributed by atoms with E-state index in [0.29, 0.717) is 12.1 Å². The Kier molecular flexibility index (Phi) is 6.68. The van der Waals surface area contributed by atoms with Gasteiger partial charge in [0, 0.05) is 44.8 Å². The summed E-state index contributed by atoms with van der Waals surface area (Å²) in [6.45, 7) is 4.28. The number of carbonyl (C=O) groups excluding carboxylic acids is 1. The van der Waals surface area contributed by atoms with E-state index in [1.807, 2.05) is 36.4 Å². The Morgan fingerprint density at radius 1 is 1.07 bits per heavy atom. The maximum absolute atomic E-state index is 12.0. The third-order valence-electron chi connectivity index (χ3n) is 4.80. The lowest BCUT2D eigenvalue weighted by molar-refractivity contribution is 0.0851. The van der Waals surface area contributed by atoms with E-state index >= 15 is 0 Å². The molecule has 6 heteroatoms. The van der Waals surface area contributed by atoms with E-state index in [1.165, 1.54) is 0 Å². The molecule has 1 atom stereocenters. The maximum Gasteiger partial charge on any atom is 0.251 e. The van der Waals surface area contributed by atoms with Crippen LogP contribution < -0.4 is 15.0 Å². The van der Waals surface area contributed by atoms with Crippen LogP contribution in [0.3, 0.4) is 0 Å². The number of aliphatic hydroxyl groups is 1. The molecule has 0 spiro atoms. The van der Waals surface area contributed by atoms with Gasteiger partial charge in [0.1, 0.15) is 5.75 Å². The number of hydrogen-bond donors (Lipinski definition) is 2. The Morgan fingerprint density at radius 2 is 1.74 bits per heavy atom. The summed E-state index contributed by atoms with van der Waals surface area (Å²) in [6, 6.07) is 17.1. The molecule has 3 rings (SSSR count). The van der Waals surface area contributed by atoms with Crippen molar-refractivity contribution in [3.05, 3.63) is 60.2 Å². The molecule has 1 fully saturated rings. The van der Waals surface area contributed by atoms with E-state index in [2.05, 4.69) is 21.2 Å². The number of para-hydroxylation sites is 2. The number of benzene rings is 2. The molecule has 1 unspecified atom stereocenters. The van der Waals surface area contributed by atoms with Crippen LogP contribution in [0.1, 0.15) is 10.4 Å². The van der Waals surface area contributed by atoms with Gasteiger partial charge in [0.2, 0.25) is 0 Å². The van der Waals surface area contributed by atoms with Crippen LogP contribution in [0, 0.1) is 0 Å². The van der Waals surface area contributed by atoms with E-state index in [0.717, 1.165) is 37.6 Å². The van der Waals surface area contributed by atoms with Gasteiger partial charge in [-0.2, -0.15) is 0 Å². The molecule has 27 heavy (non-hydrogen) atoms. The van der Waals surface area contributed by atoms with Gasteiger partial charge in [-0.05, 0) is 24.3 Å². The summed E-state index contributed by atoms with van der Waals surface area (Å²) in [4.78, 5) is 16.6. The van der Waals surface area contributed by atoms with E-state index in [9.17, 15) is 9.90 Å². The standard InChI is InChI=1S/C21H27N3O3/c1-27-20-10-6-5-9-19(20)24-13-11-23(12-14-24)16-18(25)15-22-21(26)17-7-3-2-4-8-17/h2-10,18,25H,11-16H2,1H3,(H,22,26). The molecule has 1 aliphatic rings. The van der Waals surface area contributed by atoms with Gasteiger partial charge in [0.25, 0.3) is 5.91 Å². The van der Waals surface area contributed by atoms with Gasteiger partial charge in [0.05, 0.1) is 18.9 Å². The van der Waals surface area contributed by atoms with Crippen molar-refractivity contribution in [1.82, 2.24) is 10.2 Å². The number of anilines is 1. The van der Waals surface area contributed by atoms with Crippen LogP contribution in [0.5, 0.6) is 5.75 Å². The van der Waals surface area contributed by atoms with Crippen molar-refractivity contribution >= 4 is 11.6 Å². The first kappa shape index (κ1) is 19.2. The smallest absolute Gasteiger partial charge is 0.251 e. The quantitative estimate of drug-likeness (QED) is 0.776. The molecule has 1 amide bonds. The van der Waals surface area contributed by atoms with Crippen molar-refractivity contribution in [2.75, 3.05) is 51.3 Å². The van der Waals surface area contributed by atoms with Crippen molar-refractivity contribution in [3.63, 3.8) is 0 Å². The number of amides is 1. The molecule has 0 aromatic heterocycles. The number of rotatable bonds is 7. The Hall–Kier alpha value is -2.57. The number of carbonyl (C=O) groups is 1. The molecule has 6 nitrogen and oxygen atoms in total. The monoisotopic (exact) mass is 369 g/mol. The summed E-state index contributed by atoms with van der Waals surface area (Å²) in [7, 11) is 1.69. The fourth-order valence-corrected chi connectivity index (χ4v) is 3.33. The van der Waals surface area contributed by atoms with Crippen LogP contribution in [-0.2, 0) is 0 Å². The normalized spacial score (nSPS) is 16.0. The highest BCUT2D eigenvalue weighted by molar-refractivity contribution is 5.94. The zero-order valence-electron chi connectivity index (χ0n) is 15.7. The van der Waals surface area contributed by atoms with Crippen molar-refractivity contribution < 1.29 is 14.6 Å². The Balaban J connectivity index is 1.43. The van der Waals surface area contributed by atoms with E-state index in [-0.39, 0.29) is 12.5 Å². The third-order valence-corrected chi connectivity index (χ3v) is 4.80. The Morgan fingerprint density at radius 3 is 2.44 bits per heavy atom. The molecule has 1 aliphatic heterocycles. The lowest BCUT2D eigenvalue weighted by Gasteiger charge is -2.37. The minimum absolute atomic E-state index is 0.157. The number of ether oxygens (including phenoxy) is 1. The molecule has 0 saturated carbocycles. The summed E-state index contributed by atoms with van der Waals surface area (Å²) in [5, 5.41) is 13.1. The maximum atomic E-state index is 12.0. The molecule has 1 heterocycles. The van der Waals surface area contributed by atoms with Crippen LogP contribution >= 0.6 is 0 Å². The lowest BCUT2D eigenvalue weighted by Crippen LogP contribution is -2.50. The second-order valence-electron chi connectivity index (χ2n) is 6.69. The minimum atomic E-state index is -0.588. The predicted octanol–water partition coefficient (Wildman–Crippen LogP) is 1.61. The number of nitrogens with zero attached hydrogens (tertiary/aromatic N) is 2. The number of β-amino-alcohol motifs (C(OH)–C–C–N with tert-alkyl or cyclic N) is 1. The minimum Gasteiger partial charge on any atom is -0.495 e. The van der Waals surface area contributed by atoms with Gasteiger partial charge in [0.15, 0.2) is 0 Å².